The van der Waals surface area contributed by atoms with Crippen LogP contribution in [0.2, 0.25) is 0 Å². The molecule has 0 saturated carbocycles. The largest absolute Gasteiger partial charge is 0.375 e. The number of azo groups is 1. The minimum atomic E-state index is 0.466. The van der Waals surface area contributed by atoms with E-state index in [1.165, 1.54) is 11.3 Å². The molecule has 1 aromatic carbocycles. The predicted octanol–water partition coefficient (Wildman–Crippen LogP) is 3.01. The highest BCUT2D eigenvalue weighted by Gasteiger charge is 1.96. The number of nitrogen functional groups attached to an aromatic ring is 1. The third-order valence-corrected chi connectivity index (χ3v) is 2.48. The number of hydrogen-bond acceptors (Lipinski definition) is 6. The Kier molecular flexibility index (Phi) is 2.89. The minimum absolute atomic E-state index is 0.466. The monoisotopic (exact) mass is 229 g/mol. The summed E-state index contributed by atoms with van der Waals surface area (Å²) in [7, 11) is 0. The summed E-state index contributed by atoms with van der Waals surface area (Å²) < 4.78 is 0. The lowest BCUT2D eigenvalue weighted by Crippen LogP contribution is -1.77. The molecule has 0 unspecified atom stereocenters. The molecule has 16 heavy (non-hydrogen) atoms. The number of benzene rings is 1. The van der Waals surface area contributed by atoms with Crippen LogP contribution in [0.15, 0.2) is 40.7 Å². The standard InChI is InChI=1S/C10H7N5S/c11-5-7-1-3-8(4-2-7)14-15-9-6-13-10(12)16-9/h1-4,6H,(H2,12,13). The van der Waals surface area contributed by atoms with Crippen LogP contribution in [0.25, 0.3) is 0 Å². The van der Waals surface area contributed by atoms with Crippen molar-refractivity contribution in [2.75, 3.05) is 5.73 Å². The van der Waals surface area contributed by atoms with Crippen LogP contribution in [-0.2, 0) is 0 Å². The van der Waals surface area contributed by atoms with Crippen molar-refractivity contribution >= 4 is 27.2 Å². The zero-order valence-electron chi connectivity index (χ0n) is 8.16. The summed E-state index contributed by atoms with van der Waals surface area (Å²) in [4.78, 5) is 3.86. The molecule has 0 amide bonds. The molecule has 0 aliphatic heterocycles. The van der Waals surface area contributed by atoms with Gasteiger partial charge in [0.15, 0.2) is 10.1 Å². The molecule has 0 fully saturated rings. The molecule has 0 atom stereocenters. The first-order valence-electron chi connectivity index (χ1n) is 4.41. The van der Waals surface area contributed by atoms with Gasteiger partial charge in [0.25, 0.3) is 0 Å². The maximum atomic E-state index is 8.61. The van der Waals surface area contributed by atoms with Gasteiger partial charge >= 0.3 is 0 Å². The van der Waals surface area contributed by atoms with Crippen LogP contribution in [0, 0.1) is 11.3 Å². The van der Waals surface area contributed by atoms with Gasteiger partial charge in [0, 0.05) is 0 Å². The maximum Gasteiger partial charge on any atom is 0.182 e. The molecule has 0 aliphatic carbocycles. The van der Waals surface area contributed by atoms with E-state index in [4.69, 9.17) is 11.0 Å². The predicted molar refractivity (Wildman–Crippen MR) is 61.9 cm³/mol. The van der Waals surface area contributed by atoms with E-state index in [-0.39, 0.29) is 0 Å². The lowest BCUT2D eigenvalue weighted by molar-refractivity contribution is 1.24. The van der Waals surface area contributed by atoms with Crippen molar-refractivity contribution in [2.45, 2.75) is 0 Å². The molecular weight excluding hydrogens is 222 g/mol. The second-order valence-electron chi connectivity index (χ2n) is 2.90. The van der Waals surface area contributed by atoms with Crippen molar-refractivity contribution in [3.63, 3.8) is 0 Å². The van der Waals surface area contributed by atoms with Gasteiger partial charge in [0.1, 0.15) is 0 Å². The van der Waals surface area contributed by atoms with Crippen molar-refractivity contribution in [1.82, 2.24) is 4.98 Å². The third-order valence-electron chi connectivity index (χ3n) is 1.77. The maximum absolute atomic E-state index is 8.61. The Balaban J connectivity index is 2.15. The highest BCUT2D eigenvalue weighted by molar-refractivity contribution is 7.18. The molecule has 0 spiro atoms. The highest BCUT2D eigenvalue weighted by Crippen LogP contribution is 2.25. The Hall–Kier alpha value is -2.26. The van der Waals surface area contributed by atoms with E-state index in [1.54, 1.807) is 30.5 Å². The Morgan fingerprint density at radius 1 is 1.25 bits per heavy atom. The van der Waals surface area contributed by atoms with Gasteiger partial charge in [-0.3, -0.25) is 0 Å². The summed E-state index contributed by atoms with van der Waals surface area (Å²) in [6.07, 6.45) is 1.56. The van der Waals surface area contributed by atoms with Gasteiger partial charge in [-0.15, -0.1) is 10.2 Å². The fourth-order valence-electron chi connectivity index (χ4n) is 1.03. The molecule has 6 heteroatoms. The van der Waals surface area contributed by atoms with Crippen molar-refractivity contribution in [1.29, 1.82) is 5.26 Å². The first-order valence-corrected chi connectivity index (χ1v) is 5.23. The fourth-order valence-corrected chi connectivity index (χ4v) is 1.54. The third kappa shape index (κ3) is 2.40. The van der Waals surface area contributed by atoms with Gasteiger partial charge in [-0.05, 0) is 24.3 Å². The summed E-state index contributed by atoms with van der Waals surface area (Å²) >= 11 is 1.27. The van der Waals surface area contributed by atoms with Crippen LogP contribution in [0.4, 0.5) is 15.8 Å². The van der Waals surface area contributed by atoms with Crippen LogP contribution in [0.3, 0.4) is 0 Å². The number of nitriles is 1. The molecule has 5 nitrogen and oxygen atoms in total. The van der Waals surface area contributed by atoms with Gasteiger partial charge in [0.05, 0.1) is 23.5 Å². The van der Waals surface area contributed by atoms with Gasteiger partial charge in [-0.25, -0.2) is 4.98 Å². The van der Waals surface area contributed by atoms with Gasteiger partial charge in [-0.1, -0.05) is 11.3 Å². The molecule has 2 rings (SSSR count). The minimum Gasteiger partial charge on any atom is -0.375 e. The second-order valence-corrected chi connectivity index (χ2v) is 3.94. The SMILES string of the molecule is N#Cc1ccc(N=Nc2cnc(N)s2)cc1. The number of nitrogens with two attached hydrogens (primary N) is 1. The smallest absolute Gasteiger partial charge is 0.182 e. The van der Waals surface area contributed by atoms with Crippen molar-refractivity contribution in [3.05, 3.63) is 36.0 Å². The van der Waals surface area contributed by atoms with Crippen LogP contribution in [0.5, 0.6) is 0 Å². The number of hydrogen-bond donors (Lipinski definition) is 1. The Morgan fingerprint density at radius 3 is 2.56 bits per heavy atom. The Bertz CT molecular complexity index is 549. The zero-order valence-corrected chi connectivity index (χ0v) is 8.98. The highest BCUT2D eigenvalue weighted by atomic mass is 32.1. The summed E-state index contributed by atoms with van der Waals surface area (Å²) in [5.41, 5.74) is 6.74. The molecule has 0 bridgehead atoms. The van der Waals surface area contributed by atoms with Crippen LogP contribution in [-0.4, -0.2) is 4.98 Å². The second kappa shape index (κ2) is 4.51. The zero-order chi connectivity index (χ0) is 11.4. The summed E-state index contributed by atoms with van der Waals surface area (Å²) in [5.74, 6) is 0. The Labute approximate surface area is 95.9 Å². The van der Waals surface area contributed by atoms with Crippen LogP contribution in [0.1, 0.15) is 5.56 Å². The van der Waals surface area contributed by atoms with Crippen LogP contribution < -0.4 is 5.73 Å². The summed E-state index contributed by atoms with van der Waals surface area (Å²) in [6, 6.07) is 8.87. The number of anilines is 1. The molecule has 0 radical (unpaired) electrons. The van der Waals surface area contributed by atoms with Crippen molar-refractivity contribution < 1.29 is 0 Å². The first kappa shape index (κ1) is 10.3. The molecule has 0 saturated heterocycles. The molecular formula is C10H7N5S. The van der Waals surface area contributed by atoms with Crippen LogP contribution >= 0.6 is 11.3 Å². The van der Waals surface area contributed by atoms with E-state index < -0.39 is 0 Å². The number of nitrogens with zero attached hydrogens (tertiary/aromatic N) is 4. The van der Waals surface area contributed by atoms with E-state index >= 15 is 0 Å². The number of thiazole rings is 1. The number of aromatic nitrogens is 1. The normalized spacial score (nSPS) is 10.4. The molecule has 0 aliphatic rings. The number of rotatable bonds is 2. The quantitative estimate of drug-likeness (QED) is 0.803. The van der Waals surface area contributed by atoms with Gasteiger partial charge in [0.2, 0.25) is 0 Å². The lowest BCUT2D eigenvalue weighted by atomic mass is 10.2. The topological polar surface area (TPSA) is 87.4 Å². The van der Waals surface area contributed by atoms with Crippen molar-refractivity contribution in [2.24, 2.45) is 10.2 Å². The molecule has 1 heterocycles. The average molecular weight is 229 g/mol. The van der Waals surface area contributed by atoms with Crippen molar-refractivity contribution in [3.8, 4) is 6.07 Å². The van der Waals surface area contributed by atoms with Gasteiger partial charge in [-0.2, -0.15) is 5.26 Å². The Morgan fingerprint density at radius 2 is 2.00 bits per heavy atom. The van der Waals surface area contributed by atoms with E-state index in [9.17, 15) is 0 Å². The molecule has 2 N–H and O–H groups in total. The summed E-state index contributed by atoms with van der Waals surface area (Å²) in [6.45, 7) is 0. The van der Waals surface area contributed by atoms with E-state index in [0.29, 0.717) is 21.4 Å². The molecule has 1 aromatic heterocycles. The summed E-state index contributed by atoms with van der Waals surface area (Å²) in [5, 5.41) is 17.7. The molecule has 2 aromatic rings. The fraction of sp³-hybridized carbons (Fsp3) is 0. The average Bonchev–Trinajstić information content (AvgIpc) is 2.73. The lowest BCUT2D eigenvalue weighted by Gasteiger charge is -1.90. The first-order chi connectivity index (χ1) is 7.78. The van der Waals surface area contributed by atoms with E-state index in [1.807, 2.05) is 6.07 Å². The van der Waals surface area contributed by atoms with E-state index in [2.05, 4.69) is 15.2 Å². The van der Waals surface area contributed by atoms with Gasteiger partial charge < -0.3 is 5.73 Å². The molecule has 78 valence electrons. The van der Waals surface area contributed by atoms with E-state index in [0.717, 1.165) is 0 Å².